The second-order valence-electron chi connectivity index (χ2n) is 5.79. The number of benzene rings is 1. The summed E-state index contributed by atoms with van der Waals surface area (Å²) < 4.78 is 0. The maximum atomic E-state index is 11.7. The molecule has 0 atom stereocenters. The van der Waals surface area contributed by atoms with Gasteiger partial charge in [-0.3, -0.25) is 4.79 Å². The molecule has 0 heterocycles. The van der Waals surface area contributed by atoms with E-state index in [4.69, 9.17) is 0 Å². The lowest BCUT2D eigenvalue weighted by molar-refractivity contribution is -0.153. The second kappa shape index (κ2) is 6.61. The van der Waals surface area contributed by atoms with E-state index in [0.29, 0.717) is 19.4 Å². The molecule has 5 heteroatoms. The Morgan fingerprint density at radius 1 is 1.29 bits per heavy atom. The monoisotopic (exact) mass is 290 g/mol. The molecule has 0 saturated heterocycles. The summed E-state index contributed by atoms with van der Waals surface area (Å²) in [5.41, 5.74) is 1.63. The Bertz CT molecular complexity index is 524. The molecule has 1 aliphatic rings. The number of amides is 2. The summed E-state index contributed by atoms with van der Waals surface area (Å²) in [4.78, 5) is 22.9. The Morgan fingerprint density at radius 3 is 2.62 bits per heavy atom. The van der Waals surface area contributed by atoms with Crippen molar-refractivity contribution in [2.45, 2.75) is 32.6 Å². The molecule has 1 fully saturated rings. The van der Waals surface area contributed by atoms with E-state index in [9.17, 15) is 14.7 Å². The molecule has 0 aromatic heterocycles. The highest BCUT2D eigenvalue weighted by molar-refractivity contribution is 5.78. The molecule has 3 N–H and O–H groups in total. The van der Waals surface area contributed by atoms with E-state index in [1.165, 1.54) is 11.1 Å². The van der Waals surface area contributed by atoms with Crippen molar-refractivity contribution in [3.05, 3.63) is 35.4 Å². The van der Waals surface area contributed by atoms with Gasteiger partial charge in [-0.05, 0) is 31.7 Å². The van der Waals surface area contributed by atoms with Crippen LogP contribution in [0.4, 0.5) is 4.79 Å². The zero-order valence-corrected chi connectivity index (χ0v) is 12.3. The van der Waals surface area contributed by atoms with E-state index in [1.807, 2.05) is 25.1 Å². The standard InChI is InChI=1S/C16H22N2O3/c1-12-4-2-5-13(10-12)6-9-17-15(21)18-11-16(14(19)20)7-3-8-16/h2,4-5,10H,3,6-9,11H2,1H3,(H,19,20)(H2,17,18,21). The van der Waals surface area contributed by atoms with Crippen molar-refractivity contribution in [2.24, 2.45) is 5.41 Å². The third-order valence-corrected chi connectivity index (χ3v) is 4.13. The minimum Gasteiger partial charge on any atom is -0.481 e. The lowest BCUT2D eigenvalue weighted by Crippen LogP contribution is -2.49. The maximum absolute atomic E-state index is 11.7. The first-order chi connectivity index (χ1) is 10.0. The van der Waals surface area contributed by atoms with E-state index in [-0.39, 0.29) is 12.6 Å². The van der Waals surface area contributed by atoms with Gasteiger partial charge >= 0.3 is 12.0 Å². The summed E-state index contributed by atoms with van der Waals surface area (Å²) in [5.74, 6) is -0.811. The zero-order chi connectivity index (χ0) is 15.3. The lowest BCUT2D eigenvalue weighted by atomic mass is 9.69. The topological polar surface area (TPSA) is 78.4 Å². The van der Waals surface area contributed by atoms with Gasteiger partial charge in [0.05, 0.1) is 5.41 Å². The SMILES string of the molecule is Cc1cccc(CCNC(=O)NCC2(C(=O)O)CCC2)c1. The zero-order valence-electron chi connectivity index (χ0n) is 12.3. The summed E-state index contributed by atoms with van der Waals surface area (Å²) in [7, 11) is 0. The highest BCUT2D eigenvalue weighted by Crippen LogP contribution is 2.40. The molecule has 2 amide bonds. The molecule has 21 heavy (non-hydrogen) atoms. The largest absolute Gasteiger partial charge is 0.481 e. The van der Waals surface area contributed by atoms with Gasteiger partial charge < -0.3 is 15.7 Å². The van der Waals surface area contributed by atoms with Crippen LogP contribution in [0.2, 0.25) is 0 Å². The van der Waals surface area contributed by atoms with Crippen molar-refractivity contribution in [1.29, 1.82) is 0 Å². The van der Waals surface area contributed by atoms with E-state index in [0.717, 1.165) is 12.8 Å². The van der Waals surface area contributed by atoms with E-state index in [2.05, 4.69) is 16.7 Å². The number of carboxylic acid groups (broad SMARTS) is 1. The molecule has 5 nitrogen and oxygen atoms in total. The Morgan fingerprint density at radius 2 is 2.05 bits per heavy atom. The molecule has 2 rings (SSSR count). The van der Waals surface area contributed by atoms with Gasteiger partial charge in [-0.1, -0.05) is 36.2 Å². The fourth-order valence-electron chi connectivity index (χ4n) is 2.57. The van der Waals surface area contributed by atoms with Crippen molar-refractivity contribution in [3.63, 3.8) is 0 Å². The Labute approximate surface area is 124 Å². The minimum atomic E-state index is -0.811. The Hall–Kier alpha value is -2.04. The molecule has 0 aliphatic heterocycles. The molecule has 114 valence electrons. The highest BCUT2D eigenvalue weighted by atomic mass is 16.4. The normalized spacial score (nSPS) is 15.9. The number of hydrogen-bond donors (Lipinski definition) is 3. The number of aryl methyl sites for hydroxylation is 1. The number of carboxylic acids is 1. The van der Waals surface area contributed by atoms with Crippen LogP contribution in [0.5, 0.6) is 0 Å². The highest BCUT2D eigenvalue weighted by Gasteiger charge is 2.44. The summed E-state index contributed by atoms with van der Waals surface area (Å²) in [5, 5.41) is 14.6. The van der Waals surface area contributed by atoms with Gasteiger partial charge in [0.1, 0.15) is 0 Å². The summed E-state index contributed by atoms with van der Waals surface area (Å²) >= 11 is 0. The van der Waals surface area contributed by atoms with E-state index >= 15 is 0 Å². The number of aliphatic carboxylic acids is 1. The number of carbonyl (C=O) groups excluding carboxylic acids is 1. The van der Waals surface area contributed by atoms with Gasteiger partial charge in [0.25, 0.3) is 0 Å². The average molecular weight is 290 g/mol. The molecule has 0 spiro atoms. The van der Waals surface area contributed by atoms with Crippen LogP contribution in [-0.2, 0) is 11.2 Å². The molecule has 0 unspecified atom stereocenters. The number of hydrogen-bond acceptors (Lipinski definition) is 2. The minimum absolute atomic E-state index is 0.207. The summed E-state index contributed by atoms with van der Waals surface area (Å²) in [6.45, 7) is 2.78. The number of nitrogens with one attached hydrogen (secondary N) is 2. The molecule has 1 aromatic carbocycles. The van der Waals surface area contributed by atoms with Crippen LogP contribution in [0, 0.1) is 12.3 Å². The summed E-state index contributed by atoms with van der Waals surface area (Å²) in [6.07, 6.45) is 2.97. The fraction of sp³-hybridized carbons (Fsp3) is 0.500. The maximum Gasteiger partial charge on any atom is 0.314 e. The third kappa shape index (κ3) is 3.97. The first kappa shape index (κ1) is 15.4. The lowest BCUT2D eigenvalue weighted by Gasteiger charge is -2.37. The summed E-state index contributed by atoms with van der Waals surface area (Å²) in [6, 6.07) is 7.86. The average Bonchev–Trinajstić information content (AvgIpc) is 2.37. The van der Waals surface area contributed by atoms with Crippen LogP contribution in [0.3, 0.4) is 0 Å². The third-order valence-electron chi connectivity index (χ3n) is 4.13. The first-order valence-corrected chi connectivity index (χ1v) is 7.32. The van der Waals surface area contributed by atoms with Crippen molar-refractivity contribution in [1.82, 2.24) is 10.6 Å². The molecule has 1 saturated carbocycles. The Balaban J connectivity index is 1.69. The van der Waals surface area contributed by atoms with Crippen LogP contribution in [0.1, 0.15) is 30.4 Å². The fourth-order valence-corrected chi connectivity index (χ4v) is 2.57. The number of rotatable bonds is 6. The van der Waals surface area contributed by atoms with Gasteiger partial charge in [-0.15, -0.1) is 0 Å². The van der Waals surface area contributed by atoms with Crippen molar-refractivity contribution in [3.8, 4) is 0 Å². The Kier molecular flexibility index (Phi) is 4.83. The molecule has 0 radical (unpaired) electrons. The van der Waals surface area contributed by atoms with Gasteiger partial charge in [0.2, 0.25) is 0 Å². The van der Waals surface area contributed by atoms with Gasteiger partial charge in [-0.25, -0.2) is 4.79 Å². The van der Waals surface area contributed by atoms with Crippen LogP contribution in [-0.4, -0.2) is 30.2 Å². The van der Waals surface area contributed by atoms with E-state index in [1.54, 1.807) is 0 Å². The predicted molar refractivity (Wildman–Crippen MR) is 80.2 cm³/mol. The molecule has 1 aliphatic carbocycles. The predicted octanol–water partition coefficient (Wildman–Crippen LogP) is 2.09. The van der Waals surface area contributed by atoms with Crippen LogP contribution >= 0.6 is 0 Å². The first-order valence-electron chi connectivity index (χ1n) is 7.32. The van der Waals surface area contributed by atoms with Crippen molar-refractivity contribution in [2.75, 3.05) is 13.1 Å². The number of carbonyl (C=O) groups is 2. The van der Waals surface area contributed by atoms with Crippen LogP contribution in [0.15, 0.2) is 24.3 Å². The van der Waals surface area contributed by atoms with Crippen molar-refractivity contribution >= 4 is 12.0 Å². The van der Waals surface area contributed by atoms with E-state index < -0.39 is 11.4 Å². The molecular weight excluding hydrogens is 268 g/mol. The quantitative estimate of drug-likeness (QED) is 0.750. The van der Waals surface area contributed by atoms with Gasteiger partial charge in [0, 0.05) is 13.1 Å². The van der Waals surface area contributed by atoms with Crippen molar-refractivity contribution < 1.29 is 14.7 Å². The second-order valence-corrected chi connectivity index (χ2v) is 5.79. The molecule has 0 bridgehead atoms. The number of urea groups is 1. The van der Waals surface area contributed by atoms with Gasteiger partial charge in [0.15, 0.2) is 0 Å². The van der Waals surface area contributed by atoms with Crippen LogP contribution < -0.4 is 10.6 Å². The smallest absolute Gasteiger partial charge is 0.314 e. The molecule has 1 aromatic rings. The van der Waals surface area contributed by atoms with Gasteiger partial charge in [-0.2, -0.15) is 0 Å². The van der Waals surface area contributed by atoms with Crippen LogP contribution in [0.25, 0.3) is 0 Å². The molecular formula is C16H22N2O3.